The normalized spacial score (nSPS) is 10.2. The quantitative estimate of drug-likeness (QED) is 0.539. The van der Waals surface area contributed by atoms with Crippen LogP contribution in [0.15, 0.2) is 12.4 Å². The summed E-state index contributed by atoms with van der Waals surface area (Å²) in [6, 6.07) is 0. The van der Waals surface area contributed by atoms with E-state index >= 15 is 0 Å². The molecule has 0 aliphatic carbocycles. The molecule has 0 fully saturated rings. The maximum Gasteiger partial charge on any atom is 0.162 e. The SMILES string of the molecule is [c]1nsc2nccnc12. The van der Waals surface area contributed by atoms with Gasteiger partial charge in [-0.05, 0) is 11.5 Å². The Morgan fingerprint density at radius 1 is 1.33 bits per heavy atom. The van der Waals surface area contributed by atoms with Crippen LogP contribution in [0.1, 0.15) is 0 Å². The summed E-state index contributed by atoms with van der Waals surface area (Å²) < 4.78 is 3.79. The van der Waals surface area contributed by atoms with Gasteiger partial charge in [-0.3, -0.25) is 0 Å². The molecule has 0 saturated carbocycles. The van der Waals surface area contributed by atoms with Crippen molar-refractivity contribution in [2.45, 2.75) is 0 Å². The molecule has 0 spiro atoms. The first kappa shape index (κ1) is 4.81. The first-order valence-electron chi connectivity index (χ1n) is 2.41. The zero-order valence-corrected chi connectivity index (χ0v) is 5.22. The van der Waals surface area contributed by atoms with E-state index in [1.54, 1.807) is 12.4 Å². The molecule has 1 radical (unpaired) electrons. The fourth-order valence-corrected chi connectivity index (χ4v) is 1.09. The molecular formula is C5H2N3S. The van der Waals surface area contributed by atoms with Gasteiger partial charge < -0.3 is 0 Å². The van der Waals surface area contributed by atoms with Crippen molar-refractivity contribution in [1.29, 1.82) is 0 Å². The van der Waals surface area contributed by atoms with E-state index in [1.807, 2.05) is 0 Å². The van der Waals surface area contributed by atoms with Crippen molar-refractivity contribution in [3.63, 3.8) is 0 Å². The minimum absolute atomic E-state index is 0.752. The van der Waals surface area contributed by atoms with Crippen molar-refractivity contribution >= 4 is 21.9 Å². The summed E-state index contributed by atoms with van der Waals surface area (Å²) >= 11 is 1.31. The second kappa shape index (κ2) is 1.73. The molecule has 2 aromatic heterocycles. The topological polar surface area (TPSA) is 38.7 Å². The zero-order chi connectivity index (χ0) is 6.10. The molecule has 0 aliphatic rings. The minimum Gasteiger partial charge on any atom is -0.250 e. The molecule has 2 heterocycles. The Balaban J connectivity index is 2.95. The van der Waals surface area contributed by atoms with Gasteiger partial charge in [-0.1, -0.05) is 0 Å². The van der Waals surface area contributed by atoms with Gasteiger partial charge in [0.1, 0.15) is 11.7 Å². The van der Waals surface area contributed by atoms with E-state index in [4.69, 9.17) is 0 Å². The number of hydrogen-bond donors (Lipinski definition) is 0. The van der Waals surface area contributed by atoms with E-state index in [2.05, 4.69) is 20.5 Å². The molecule has 4 heteroatoms. The third-order valence-corrected chi connectivity index (χ3v) is 1.60. The highest BCUT2D eigenvalue weighted by Crippen LogP contribution is 2.08. The predicted molar refractivity (Wildman–Crippen MR) is 34.0 cm³/mol. The lowest BCUT2D eigenvalue weighted by atomic mass is 10.6. The lowest BCUT2D eigenvalue weighted by molar-refractivity contribution is 1.31. The molecule has 0 saturated heterocycles. The highest BCUT2D eigenvalue weighted by molar-refractivity contribution is 7.12. The van der Waals surface area contributed by atoms with E-state index in [9.17, 15) is 0 Å². The molecule has 3 nitrogen and oxygen atoms in total. The summed E-state index contributed by atoms with van der Waals surface area (Å²) in [6.45, 7) is 0. The van der Waals surface area contributed by atoms with Gasteiger partial charge in [-0.2, -0.15) is 4.37 Å². The molecule has 0 aromatic carbocycles. The van der Waals surface area contributed by atoms with Gasteiger partial charge in [0.2, 0.25) is 0 Å². The number of nitrogens with zero attached hydrogens (tertiary/aromatic N) is 3. The average Bonchev–Trinajstić information content (AvgIpc) is 2.33. The first-order valence-corrected chi connectivity index (χ1v) is 3.18. The molecule has 9 heavy (non-hydrogen) atoms. The summed E-state index contributed by atoms with van der Waals surface area (Å²) in [6.07, 6.45) is 5.99. The lowest BCUT2D eigenvalue weighted by Gasteiger charge is -1.78. The fourth-order valence-electron chi connectivity index (χ4n) is 0.578. The maximum atomic E-state index is 4.00. The van der Waals surface area contributed by atoms with E-state index < -0.39 is 0 Å². The van der Waals surface area contributed by atoms with Crippen LogP contribution in [0.2, 0.25) is 0 Å². The zero-order valence-electron chi connectivity index (χ0n) is 4.40. The maximum absolute atomic E-state index is 4.00. The summed E-state index contributed by atoms with van der Waals surface area (Å²) in [4.78, 5) is 8.82. The number of hydrogen-bond acceptors (Lipinski definition) is 4. The second-order valence-corrected chi connectivity index (χ2v) is 2.26. The van der Waals surface area contributed by atoms with E-state index in [0.29, 0.717) is 0 Å². The summed E-state index contributed by atoms with van der Waals surface area (Å²) in [5.41, 5.74) is 0.752. The Hall–Kier alpha value is -1.03. The largest absolute Gasteiger partial charge is 0.250 e. The fraction of sp³-hybridized carbons (Fsp3) is 0. The molecule has 43 valence electrons. The lowest BCUT2D eigenvalue weighted by Crippen LogP contribution is -1.72. The number of aromatic nitrogens is 3. The van der Waals surface area contributed by atoms with Gasteiger partial charge in [-0.25, -0.2) is 9.97 Å². The Bertz CT molecular complexity index is 286. The van der Waals surface area contributed by atoms with Crippen LogP contribution >= 0.6 is 11.5 Å². The monoisotopic (exact) mass is 136 g/mol. The van der Waals surface area contributed by atoms with Gasteiger partial charge >= 0.3 is 0 Å². The van der Waals surface area contributed by atoms with Crippen LogP contribution in [0.3, 0.4) is 0 Å². The smallest absolute Gasteiger partial charge is 0.162 e. The summed E-state index contributed by atoms with van der Waals surface area (Å²) in [5, 5.41) is 0. The molecule has 0 N–H and O–H groups in total. The molecule has 0 unspecified atom stereocenters. The molecule has 2 rings (SSSR count). The van der Waals surface area contributed by atoms with Gasteiger partial charge in [0.05, 0.1) is 0 Å². The van der Waals surface area contributed by atoms with Crippen LogP contribution in [0.4, 0.5) is 0 Å². The van der Waals surface area contributed by atoms with Gasteiger partial charge in [0.15, 0.2) is 4.83 Å². The van der Waals surface area contributed by atoms with Crippen molar-refractivity contribution < 1.29 is 0 Å². The number of fused-ring (bicyclic) bond motifs is 1. The second-order valence-electron chi connectivity index (χ2n) is 1.50. The Kier molecular flexibility index (Phi) is 0.927. The van der Waals surface area contributed by atoms with Crippen molar-refractivity contribution in [1.82, 2.24) is 14.3 Å². The third-order valence-electron chi connectivity index (χ3n) is 0.948. The van der Waals surface area contributed by atoms with Gasteiger partial charge in [0.25, 0.3) is 0 Å². The average molecular weight is 136 g/mol. The minimum atomic E-state index is 0.752. The van der Waals surface area contributed by atoms with Crippen LogP contribution in [-0.4, -0.2) is 14.3 Å². The van der Waals surface area contributed by atoms with Crippen molar-refractivity contribution in [3.05, 3.63) is 18.6 Å². The Morgan fingerprint density at radius 3 is 3.11 bits per heavy atom. The van der Waals surface area contributed by atoms with Crippen LogP contribution < -0.4 is 0 Å². The number of rotatable bonds is 0. The van der Waals surface area contributed by atoms with Crippen molar-refractivity contribution in [2.75, 3.05) is 0 Å². The molecule has 0 aliphatic heterocycles. The first-order chi connectivity index (χ1) is 4.47. The third kappa shape index (κ3) is 0.675. The van der Waals surface area contributed by atoms with E-state index in [1.165, 1.54) is 11.5 Å². The van der Waals surface area contributed by atoms with Gasteiger partial charge in [0, 0.05) is 12.4 Å². The molecular weight excluding hydrogens is 134 g/mol. The van der Waals surface area contributed by atoms with Crippen LogP contribution in [0, 0.1) is 6.20 Å². The van der Waals surface area contributed by atoms with Crippen molar-refractivity contribution in [3.8, 4) is 0 Å². The molecule has 0 bridgehead atoms. The molecule has 0 atom stereocenters. The molecule has 2 aromatic rings. The van der Waals surface area contributed by atoms with E-state index in [-0.39, 0.29) is 0 Å². The predicted octanol–water partition coefficient (Wildman–Crippen LogP) is 0.886. The van der Waals surface area contributed by atoms with Crippen LogP contribution in [0.25, 0.3) is 10.3 Å². The standard InChI is InChI=1S/C5H2N3S/c1-2-7-5-4(6-1)3-8-9-5/h1-2H. The van der Waals surface area contributed by atoms with E-state index in [0.717, 1.165) is 10.3 Å². The molecule has 0 amide bonds. The Labute approximate surface area is 55.6 Å². The summed E-state index contributed by atoms with van der Waals surface area (Å²) in [5.74, 6) is 0. The Morgan fingerprint density at radius 2 is 2.22 bits per heavy atom. The highest BCUT2D eigenvalue weighted by Gasteiger charge is 1.94. The van der Waals surface area contributed by atoms with Gasteiger partial charge in [-0.15, -0.1) is 0 Å². The highest BCUT2D eigenvalue weighted by atomic mass is 32.1. The van der Waals surface area contributed by atoms with Crippen LogP contribution in [-0.2, 0) is 0 Å². The van der Waals surface area contributed by atoms with Crippen LogP contribution in [0.5, 0.6) is 0 Å². The summed E-state index contributed by atoms with van der Waals surface area (Å²) in [7, 11) is 0. The van der Waals surface area contributed by atoms with Crippen molar-refractivity contribution in [2.24, 2.45) is 0 Å².